The fourth-order valence-electron chi connectivity index (χ4n) is 2.93. The highest BCUT2D eigenvalue weighted by molar-refractivity contribution is 6.74. The number of ether oxygens (including phenoxy) is 1. The summed E-state index contributed by atoms with van der Waals surface area (Å²) in [7, 11) is -1.81. The van der Waals surface area contributed by atoms with E-state index in [9.17, 15) is 4.79 Å². The van der Waals surface area contributed by atoms with Crippen LogP contribution < -0.4 is 11.1 Å². The summed E-state index contributed by atoms with van der Waals surface area (Å²) in [6.07, 6.45) is 3.25. The molecule has 1 aromatic heterocycles. The molecule has 2 heterocycles. The molecule has 0 aromatic carbocycles. The van der Waals surface area contributed by atoms with E-state index < -0.39 is 13.9 Å². The van der Waals surface area contributed by atoms with Gasteiger partial charge in [-0.3, -0.25) is 0 Å². The SMILES string of the molecule is CC(C)(C)OC(=O)N1CCC(Nc2ncc(CO[Si](C)(C)C(C)(C)C)cc2N)CC1. The van der Waals surface area contributed by atoms with Crippen LogP contribution in [0.5, 0.6) is 0 Å². The zero-order valence-electron chi connectivity index (χ0n) is 20.0. The molecule has 170 valence electrons. The van der Waals surface area contributed by atoms with Gasteiger partial charge in [0.05, 0.1) is 12.3 Å². The van der Waals surface area contributed by atoms with E-state index in [1.807, 2.05) is 33.0 Å². The van der Waals surface area contributed by atoms with Crippen molar-refractivity contribution in [1.82, 2.24) is 9.88 Å². The summed E-state index contributed by atoms with van der Waals surface area (Å²) in [6.45, 7) is 18.7. The zero-order valence-corrected chi connectivity index (χ0v) is 21.0. The fourth-order valence-corrected chi connectivity index (χ4v) is 3.89. The van der Waals surface area contributed by atoms with Gasteiger partial charge >= 0.3 is 6.09 Å². The van der Waals surface area contributed by atoms with Gasteiger partial charge in [-0.25, -0.2) is 9.78 Å². The summed E-state index contributed by atoms with van der Waals surface area (Å²) in [5.74, 6) is 0.696. The Hall–Kier alpha value is -1.80. The van der Waals surface area contributed by atoms with E-state index in [0.29, 0.717) is 31.2 Å². The number of carbonyl (C=O) groups is 1. The largest absolute Gasteiger partial charge is 0.444 e. The van der Waals surface area contributed by atoms with Gasteiger partial charge in [-0.05, 0) is 63.4 Å². The van der Waals surface area contributed by atoms with Crippen LogP contribution in [0.1, 0.15) is 59.9 Å². The number of anilines is 2. The Balaban J connectivity index is 1.88. The second-order valence-corrected chi connectivity index (χ2v) is 15.5. The first-order valence-electron chi connectivity index (χ1n) is 10.8. The minimum Gasteiger partial charge on any atom is -0.444 e. The van der Waals surface area contributed by atoms with Crippen molar-refractivity contribution in [2.75, 3.05) is 24.1 Å². The van der Waals surface area contributed by atoms with Crippen molar-refractivity contribution in [3.8, 4) is 0 Å². The molecule has 1 saturated heterocycles. The number of piperidine rings is 1. The minimum atomic E-state index is -1.81. The van der Waals surface area contributed by atoms with Gasteiger partial charge in [-0.2, -0.15) is 0 Å². The van der Waals surface area contributed by atoms with E-state index in [0.717, 1.165) is 18.4 Å². The van der Waals surface area contributed by atoms with Gasteiger partial charge in [0.2, 0.25) is 0 Å². The Kier molecular flexibility index (Phi) is 7.45. The maximum absolute atomic E-state index is 12.2. The Bertz CT molecular complexity index is 733. The first kappa shape index (κ1) is 24.5. The van der Waals surface area contributed by atoms with Crippen LogP contribution in [0.4, 0.5) is 16.3 Å². The molecule has 7 nitrogen and oxygen atoms in total. The molecular formula is C22H40N4O3Si. The third kappa shape index (κ3) is 6.87. The van der Waals surface area contributed by atoms with Gasteiger partial charge < -0.3 is 25.1 Å². The second kappa shape index (κ2) is 9.14. The predicted octanol–water partition coefficient (Wildman–Crippen LogP) is 5.00. The van der Waals surface area contributed by atoms with Gasteiger partial charge in [-0.15, -0.1) is 0 Å². The molecule has 1 aromatic rings. The number of nitrogens with two attached hydrogens (primary N) is 1. The third-order valence-corrected chi connectivity index (χ3v) is 10.3. The molecule has 3 N–H and O–H groups in total. The third-order valence-electron chi connectivity index (χ3n) is 5.87. The summed E-state index contributed by atoms with van der Waals surface area (Å²) in [5, 5.41) is 3.60. The van der Waals surface area contributed by atoms with Crippen LogP contribution in [0.25, 0.3) is 0 Å². The van der Waals surface area contributed by atoms with Gasteiger partial charge in [0, 0.05) is 25.3 Å². The molecule has 0 radical (unpaired) electrons. The van der Waals surface area contributed by atoms with Crippen molar-refractivity contribution in [3.05, 3.63) is 17.8 Å². The molecule has 0 spiro atoms. The molecule has 0 unspecified atom stereocenters. The quantitative estimate of drug-likeness (QED) is 0.632. The van der Waals surface area contributed by atoms with E-state index >= 15 is 0 Å². The highest BCUT2D eigenvalue weighted by atomic mass is 28.4. The van der Waals surface area contributed by atoms with Gasteiger partial charge in [0.15, 0.2) is 8.32 Å². The average molecular weight is 437 g/mol. The van der Waals surface area contributed by atoms with Gasteiger partial charge in [0.1, 0.15) is 11.4 Å². The second-order valence-electron chi connectivity index (χ2n) is 10.7. The van der Waals surface area contributed by atoms with Crippen LogP contribution in [0.3, 0.4) is 0 Å². The number of nitrogens with zero attached hydrogens (tertiary/aromatic N) is 2. The number of aromatic nitrogens is 1. The number of pyridine rings is 1. The predicted molar refractivity (Wildman–Crippen MR) is 125 cm³/mol. The molecule has 2 rings (SSSR count). The molecule has 30 heavy (non-hydrogen) atoms. The number of carbonyl (C=O) groups excluding carboxylic acids is 1. The first-order chi connectivity index (χ1) is 13.7. The van der Waals surface area contributed by atoms with Crippen LogP contribution >= 0.6 is 0 Å². The first-order valence-corrected chi connectivity index (χ1v) is 13.7. The van der Waals surface area contributed by atoms with E-state index in [1.54, 1.807) is 4.90 Å². The summed E-state index contributed by atoms with van der Waals surface area (Å²) in [5.41, 5.74) is 7.40. The van der Waals surface area contributed by atoms with Crippen molar-refractivity contribution in [1.29, 1.82) is 0 Å². The lowest BCUT2D eigenvalue weighted by Gasteiger charge is -2.36. The van der Waals surface area contributed by atoms with Gasteiger partial charge in [0.25, 0.3) is 0 Å². The minimum absolute atomic E-state index is 0.168. The van der Waals surface area contributed by atoms with Crippen molar-refractivity contribution < 1.29 is 14.0 Å². The van der Waals surface area contributed by atoms with Crippen molar-refractivity contribution >= 4 is 25.9 Å². The van der Waals surface area contributed by atoms with Crippen LogP contribution in [0, 0.1) is 0 Å². The Morgan fingerprint density at radius 1 is 1.23 bits per heavy atom. The smallest absolute Gasteiger partial charge is 0.410 e. The number of hydrogen-bond donors (Lipinski definition) is 2. The Labute approximate surface area is 182 Å². The number of amides is 1. The number of rotatable bonds is 5. The van der Waals surface area contributed by atoms with Crippen LogP contribution in [0.15, 0.2) is 12.3 Å². The summed E-state index contributed by atoms with van der Waals surface area (Å²) in [4.78, 5) is 18.5. The Morgan fingerprint density at radius 2 is 1.83 bits per heavy atom. The standard InChI is InChI=1S/C22H40N4O3Si/c1-21(2,3)29-20(27)26-11-9-17(10-12-26)25-19-18(23)13-16(14-24-19)15-28-30(7,8)22(4,5)6/h13-14,17H,9-12,15,23H2,1-8H3,(H,24,25). The highest BCUT2D eigenvalue weighted by Crippen LogP contribution is 2.37. The van der Waals surface area contributed by atoms with E-state index in [2.05, 4.69) is 44.2 Å². The average Bonchev–Trinajstić information content (AvgIpc) is 2.60. The van der Waals surface area contributed by atoms with Crippen LogP contribution in [0.2, 0.25) is 18.1 Å². The molecule has 1 aliphatic heterocycles. The fraction of sp³-hybridized carbons (Fsp3) is 0.727. The molecule has 1 amide bonds. The van der Waals surface area contributed by atoms with E-state index in [4.69, 9.17) is 14.9 Å². The lowest BCUT2D eigenvalue weighted by Crippen LogP contribution is -2.44. The normalized spacial score (nSPS) is 16.5. The van der Waals surface area contributed by atoms with Crippen LogP contribution in [-0.2, 0) is 15.8 Å². The number of nitrogens with one attached hydrogen (secondary N) is 1. The van der Waals surface area contributed by atoms with Gasteiger partial charge in [-0.1, -0.05) is 20.8 Å². The zero-order chi connectivity index (χ0) is 22.7. The molecule has 0 saturated carbocycles. The molecular weight excluding hydrogens is 396 g/mol. The van der Waals surface area contributed by atoms with E-state index in [-0.39, 0.29) is 17.2 Å². The molecule has 0 bridgehead atoms. The topological polar surface area (TPSA) is 89.7 Å². The highest BCUT2D eigenvalue weighted by Gasteiger charge is 2.37. The van der Waals surface area contributed by atoms with E-state index in [1.165, 1.54) is 0 Å². The van der Waals surface area contributed by atoms with Crippen molar-refractivity contribution in [3.63, 3.8) is 0 Å². The molecule has 0 atom stereocenters. The molecule has 1 fully saturated rings. The molecule has 8 heteroatoms. The Morgan fingerprint density at radius 3 is 2.33 bits per heavy atom. The van der Waals surface area contributed by atoms with Crippen molar-refractivity contribution in [2.24, 2.45) is 0 Å². The summed E-state index contributed by atoms with van der Waals surface area (Å²) in [6, 6.07) is 2.17. The lowest BCUT2D eigenvalue weighted by atomic mass is 10.1. The lowest BCUT2D eigenvalue weighted by molar-refractivity contribution is 0.0210. The summed E-state index contributed by atoms with van der Waals surface area (Å²) < 4.78 is 11.7. The molecule has 0 aliphatic carbocycles. The monoisotopic (exact) mass is 436 g/mol. The van der Waals surface area contributed by atoms with Crippen LogP contribution in [-0.4, -0.2) is 49.0 Å². The number of hydrogen-bond acceptors (Lipinski definition) is 6. The number of likely N-dealkylation sites (tertiary alicyclic amines) is 1. The maximum atomic E-state index is 12.2. The molecule has 1 aliphatic rings. The summed E-state index contributed by atoms with van der Waals surface area (Å²) >= 11 is 0. The number of nitrogen functional groups attached to an aromatic ring is 1. The van der Waals surface area contributed by atoms with Crippen molar-refractivity contribution in [2.45, 2.75) is 90.8 Å². The maximum Gasteiger partial charge on any atom is 0.410 e.